The van der Waals surface area contributed by atoms with Crippen molar-refractivity contribution in [1.29, 1.82) is 0 Å². The summed E-state index contributed by atoms with van der Waals surface area (Å²) in [6.07, 6.45) is 2.53. The number of pyridine rings is 1. The molecule has 1 saturated heterocycles. The molecule has 0 spiro atoms. The number of aromatic amines is 1. The fraction of sp³-hybridized carbons (Fsp3) is 0.444. The monoisotopic (exact) mass is 326 g/mol. The van der Waals surface area contributed by atoms with E-state index in [1.54, 1.807) is 14.2 Å². The van der Waals surface area contributed by atoms with E-state index < -0.39 is 0 Å². The van der Waals surface area contributed by atoms with Gasteiger partial charge in [-0.05, 0) is 44.5 Å². The number of nitrogens with zero attached hydrogens (tertiary/aromatic N) is 3. The van der Waals surface area contributed by atoms with Crippen molar-refractivity contribution in [2.24, 2.45) is 0 Å². The molecule has 2 aromatic heterocycles. The molecule has 1 aliphatic heterocycles. The smallest absolute Gasteiger partial charge is 0.182 e. The van der Waals surface area contributed by atoms with Gasteiger partial charge in [0.1, 0.15) is 17.0 Å². The van der Waals surface area contributed by atoms with Gasteiger partial charge in [0.05, 0.1) is 14.2 Å². The van der Waals surface area contributed by atoms with Crippen molar-refractivity contribution in [2.75, 3.05) is 27.3 Å². The lowest BCUT2D eigenvalue weighted by Gasteiger charge is -2.18. The Hall–Kier alpha value is -2.34. The highest BCUT2D eigenvalue weighted by atomic mass is 16.5. The first-order valence-corrected chi connectivity index (χ1v) is 8.33. The molecule has 0 radical (unpaired) electrons. The molecule has 3 heterocycles. The number of fused-ring (bicyclic) bond motifs is 2. The first-order valence-electron chi connectivity index (χ1n) is 8.33. The number of hydrogen-bond acceptors (Lipinski definition) is 5. The van der Waals surface area contributed by atoms with Crippen LogP contribution < -0.4 is 9.47 Å². The Bertz CT molecular complexity index is 897. The molecular formula is C18H22N4O2. The minimum atomic E-state index is 0.717. The van der Waals surface area contributed by atoms with Crippen LogP contribution in [0.2, 0.25) is 0 Å². The molecule has 126 valence electrons. The molecule has 0 saturated carbocycles. The average molecular weight is 326 g/mol. The van der Waals surface area contributed by atoms with Crippen molar-refractivity contribution in [3.8, 4) is 11.5 Å². The molecule has 3 aromatic rings. The van der Waals surface area contributed by atoms with E-state index in [-0.39, 0.29) is 0 Å². The summed E-state index contributed by atoms with van der Waals surface area (Å²) in [6, 6.07) is 3.93. The van der Waals surface area contributed by atoms with Gasteiger partial charge in [-0.3, -0.25) is 10.00 Å². The lowest BCUT2D eigenvalue weighted by molar-refractivity contribution is 0.333. The molecule has 1 aliphatic rings. The van der Waals surface area contributed by atoms with E-state index in [1.807, 2.05) is 13.0 Å². The topological polar surface area (TPSA) is 63.3 Å². The molecular weight excluding hydrogens is 304 g/mol. The number of methoxy groups -OCH3 is 2. The Morgan fingerprint density at radius 3 is 2.67 bits per heavy atom. The van der Waals surface area contributed by atoms with Gasteiger partial charge in [-0.1, -0.05) is 0 Å². The van der Waals surface area contributed by atoms with E-state index >= 15 is 0 Å². The molecule has 0 unspecified atom stereocenters. The van der Waals surface area contributed by atoms with E-state index in [9.17, 15) is 0 Å². The van der Waals surface area contributed by atoms with E-state index in [0.717, 1.165) is 58.8 Å². The van der Waals surface area contributed by atoms with Gasteiger partial charge in [0.2, 0.25) is 0 Å². The van der Waals surface area contributed by atoms with E-state index in [0.29, 0.717) is 0 Å². The highest BCUT2D eigenvalue weighted by Gasteiger charge is 2.21. The third-order valence-electron chi connectivity index (χ3n) is 4.86. The number of aryl methyl sites for hydroxylation is 1. The minimum Gasteiger partial charge on any atom is -0.497 e. The zero-order valence-electron chi connectivity index (χ0n) is 14.3. The van der Waals surface area contributed by atoms with Gasteiger partial charge in [-0.25, -0.2) is 4.98 Å². The summed E-state index contributed by atoms with van der Waals surface area (Å²) in [5.41, 5.74) is 3.89. The van der Waals surface area contributed by atoms with Crippen LogP contribution in [0.1, 0.15) is 24.1 Å². The predicted molar refractivity (Wildman–Crippen MR) is 93.7 cm³/mol. The number of likely N-dealkylation sites (tertiary alicyclic amines) is 1. The molecule has 6 nitrogen and oxygen atoms in total. The van der Waals surface area contributed by atoms with Crippen LogP contribution in [0.3, 0.4) is 0 Å². The molecule has 0 atom stereocenters. The van der Waals surface area contributed by atoms with Crippen LogP contribution in [0.5, 0.6) is 11.5 Å². The van der Waals surface area contributed by atoms with Gasteiger partial charge in [0.25, 0.3) is 0 Å². The Balaban J connectivity index is 2.02. The maximum absolute atomic E-state index is 5.56. The normalized spacial score (nSPS) is 15.5. The van der Waals surface area contributed by atoms with Crippen LogP contribution in [0.4, 0.5) is 0 Å². The number of H-pyrrole nitrogens is 1. The standard InChI is InChI=1S/C18H22N4O2/c1-11-16-14(10-22-6-4-5-7-22)13-8-12(23-2)9-15(24-3)17(13)19-18(16)21-20-11/h8-9H,4-7,10H2,1-3H3,(H,19,20,21). The van der Waals surface area contributed by atoms with E-state index in [1.165, 1.54) is 18.4 Å². The number of hydrogen-bond donors (Lipinski definition) is 1. The third kappa shape index (κ3) is 2.38. The van der Waals surface area contributed by atoms with Crippen LogP contribution in [0.15, 0.2) is 12.1 Å². The van der Waals surface area contributed by atoms with Gasteiger partial charge in [-0.15, -0.1) is 0 Å². The summed E-state index contributed by atoms with van der Waals surface area (Å²) in [7, 11) is 3.34. The summed E-state index contributed by atoms with van der Waals surface area (Å²) < 4.78 is 11.0. The first-order chi connectivity index (χ1) is 11.7. The van der Waals surface area contributed by atoms with Gasteiger partial charge >= 0.3 is 0 Å². The molecule has 1 fully saturated rings. The largest absolute Gasteiger partial charge is 0.497 e. The van der Waals surface area contributed by atoms with Crippen LogP contribution in [-0.2, 0) is 6.54 Å². The fourth-order valence-corrected chi connectivity index (χ4v) is 3.63. The molecule has 0 bridgehead atoms. The van der Waals surface area contributed by atoms with Crippen LogP contribution >= 0.6 is 0 Å². The summed E-state index contributed by atoms with van der Waals surface area (Å²) in [5, 5.41) is 9.65. The SMILES string of the molecule is COc1cc(OC)c2nc3n[nH]c(C)c3c(CN3CCCC3)c2c1. The number of nitrogens with one attached hydrogen (secondary N) is 1. The molecule has 24 heavy (non-hydrogen) atoms. The van der Waals surface area contributed by atoms with Gasteiger partial charge < -0.3 is 9.47 Å². The van der Waals surface area contributed by atoms with Crippen LogP contribution in [-0.4, -0.2) is 47.4 Å². The van der Waals surface area contributed by atoms with Gasteiger partial charge in [-0.2, -0.15) is 5.10 Å². The van der Waals surface area contributed by atoms with Crippen molar-refractivity contribution in [3.05, 3.63) is 23.4 Å². The lowest BCUT2D eigenvalue weighted by atomic mass is 10.0. The Morgan fingerprint density at radius 1 is 1.17 bits per heavy atom. The van der Waals surface area contributed by atoms with Gasteiger partial charge in [0, 0.05) is 29.1 Å². The molecule has 1 aromatic carbocycles. The van der Waals surface area contributed by atoms with E-state index in [4.69, 9.17) is 14.5 Å². The van der Waals surface area contributed by atoms with Crippen molar-refractivity contribution in [1.82, 2.24) is 20.1 Å². The van der Waals surface area contributed by atoms with Crippen molar-refractivity contribution < 1.29 is 9.47 Å². The van der Waals surface area contributed by atoms with Crippen molar-refractivity contribution >= 4 is 21.9 Å². The van der Waals surface area contributed by atoms with Crippen LogP contribution in [0.25, 0.3) is 21.9 Å². The predicted octanol–water partition coefficient (Wildman–Crippen LogP) is 3.03. The zero-order valence-corrected chi connectivity index (χ0v) is 14.3. The highest BCUT2D eigenvalue weighted by molar-refractivity contribution is 6.00. The minimum absolute atomic E-state index is 0.717. The number of rotatable bonds is 4. The van der Waals surface area contributed by atoms with Gasteiger partial charge in [0.15, 0.2) is 5.65 Å². The second-order valence-corrected chi connectivity index (χ2v) is 6.35. The maximum atomic E-state index is 5.56. The van der Waals surface area contributed by atoms with Crippen molar-refractivity contribution in [2.45, 2.75) is 26.3 Å². The molecule has 4 rings (SSSR count). The number of ether oxygens (including phenoxy) is 2. The molecule has 1 N–H and O–H groups in total. The maximum Gasteiger partial charge on any atom is 0.182 e. The first kappa shape index (κ1) is 15.2. The van der Waals surface area contributed by atoms with E-state index in [2.05, 4.69) is 21.2 Å². The molecule has 6 heteroatoms. The summed E-state index contributed by atoms with van der Waals surface area (Å²) in [6.45, 7) is 5.23. The highest BCUT2D eigenvalue weighted by Crippen LogP contribution is 2.36. The summed E-state index contributed by atoms with van der Waals surface area (Å²) in [4.78, 5) is 7.23. The fourth-order valence-electron chi connectivity index (χ4n) is 3.63. The summed E-state index contributed by atoms with van der Waals surface area (Å²) in [5.74, 6) is 1.50. The lowest BCUT2D eigenvalue weighted by Crippen LogP contribution is -2.19. The Morgan fingerprint density at radius 2 is 1.96 bits per heavy atom. The number of aromatic nitrogens is 3. The third-order valence-corrected chi connectivity index (χ3v) is 4.86. The zero-order chi connectivity index (χ0) is 16.7. The number of benzene rings is 1. The summed E-state index contributed by atoms with van der Waals surface area (Å²) >= 11 is 0. The van der Waals surface area contributed by atoms with Crippen LogP contribution in [0, 0.1) is 6.92 Å². The average Bonchev–Trinajstić information content (AvgIpc) is 3.24. The second kappa shape index (κ2) is 5.94. The second-order valence-electron chi connectivity index (χ2n) is 6.35. The molecule has 0 amide bonds. The van der Waals surface area contributed by atoms with Crippen molar-refractivity contribution in [3.63, 3.8) is 0 Å². The Labute approximate surface area is 140 Å². The quantitative estimate of drug-likeness (QED) is 0.798. The Kier molecular flexibility index (Phi) is 3.76. The molecule has 0 aliphatic carbocycles.